The second-order valence-corrected chi connectivity index (χ2v) is 6.05. The summed E-state index contributed by atoms with van der Waals surface area (Å²) in [5.74, 6) is 1.34. The molecule has 0 aliphatic heterocycles. The van der Waals surface area contributed by atoms with Crippen molar-refractivity contribution in [2.24, 2.45) is 0 Å². The van der Waals surface area contributed by atoms with Gasteiger partial charge in [-0.3, -0.25) is 9.78 Å². The largest absolute Gasteiger partial charge is 0.459 e. The fourth-order valence-corrected chi connectivity index (χ4v) is 2.85. The van der Waals surface area contributed by atoms with Gasteiger partial charge >= 0.3 is 0 Å². The molecule has 0 fully saturated rings. The zero-order chi connectivity index (χ0) is 14.7. The van der Waals surface area contributed by atoms with E-state index in [0.717, 1.165) is 15.8 Å². The average Bonchev–Trinajstić information content (AvgIpc) is 3.15. The summed E-state index contributed by atoms with van der Waals surface area (Å²) < 4.78 is 6.48. The third-order valence-corrected chi connectivity index (χ3v) is 3.97. The van der Waals surface area contributed by atoms with Gasteiger partial charge in [0, 0.05) is 27.8 Å². The molecule has 4 nitrogen and oxygen atoms in total. The maximum atomic E-state index is 12.0. The van der Waals surface area contributed by atoms with Crippen molar-refractivity contribution in [3.05, 3.63) is 63.2 Å². The third-order valence-electron chi connectivity index (χ3n) is 2.86. The summed E-state index contributed by atoms with van der Waals surface area (Å²) in [7, 11) is 0. The zero-order valence-corrected chi connectivity index (χ0v) is 13.3. The molecule has 106 valence electrons. The molecule has 1 amide bonds. The van der Waals surface area contributed by atoms with E-state index in [4.69, 9.17) is 4.42 Å². The first-order chi connectivity index (χ1) is 10.2. The van der Waals surface area contributed by atoms with Gasteiger partial charge in [-0.15, -0.1) is 0 Å². The number of hydrogen-bond acceptors (Lipinski definition) is 4. The molecule has 0 radical (unpaired) electrons. The molecule has 0 saturated heterocycles. The van der Waals surface area contributed by atoms with Crippen molar-refractivity contribution < 1.29 is 9.21 Å². The minimum atomic E-state index is -0.183. The van der Waals surface area contributed by atoms with Gasteiger partial charge in [0.1, 0.15) is 11.5 Å². The molecule has 0 aliphatic carbocycles. The lowest BCUT2D eigenvalue weighted by atomic mass is 10.2. The number of furan rings is 1. The minimum Gasteiger partial charge on any atom is -0.459 e. The summed E-state index contributed by atoms with van der Waals surface area (Å²) in [5.41, 5.74) is 1.56. The molecule has 1 N–H and O–H groups in total. The molecule has 3 aromatic heterocycles. The average molecular weight is 363 g/mol. The van der Waals surface area contributed by atoms with Crippen LogP contribution in [0.4, 0.5) is 0 Å². The molecule has 6 heteroatoms. The molecule has 0 aromatic carbocycles. The molecular formula is C15H11BrN2O2S. The number of nitrogens with one attached hydrogen (secondary N) is 1. The summed E-state index contributed by atoms with van der Waals surface area (Å²) in [6.07, 6.45) is 3.16. The van der Waals surface area contributed by atoms with Gasteiger partial charge in [0.05, 0.1) is 12.1 Å². The molecule has 21 heavy (non-hydrogen) atoms. The Morgan fingerprint density at radius 1 is 1.33 bits per heavy atom. The van der Waals surface area contributed by atoms with Gasteiger partial charge in [-0.05, 0) is 45.6 Å². The van der Waals surface area contributed by atoms with E-state index in [1.807, 2.05) is 29.0 Å². The smallest absolute Gasteiger partial charge is 0.253 e. The molecule has 0 saturated carbocycles. The Hall–Kier alpha value is -1.92. The number of hydrogen-bond donors (Lipinski definition) is 1. The number of rotatable bonds is 4. The van der Waals surface area contributed by atoms with E-state index in [1.165, 1.54) is 6.20 Å². The van der Waals surface area contributed by atoms with E-state index in [2.05, 4.69) is 26.2 Å². The van der Waals surface area contributed by atoms with E-state index >= 15 is 0 Å². The highest BCUT2D eigenvalue weighted by Crippen LogP contribution is 2.24. The lowest BCUT2D eigenvalue weighted by Crippen LogP contribution is -2.22. The third kappa shape index (κ3) is 3.40. The van der Waals surface area contributed by atoms with E-state index in [-0.39, 0.29) is 5.91 Å². The van der Waals surface area contributed by atoms with Gasteiger partial charge in [-0.1, -0.05) is 0 Å². The minimum absolute atomic E-state index is 0.183. The van der Waals surface area contributed by atoms with Gasteiger partial charge in [-0.25, -0.2) is 0 Å². The number of amides is 1. The molecule has 0 unspecified atom stereocenters. The summed E-state index contributed by atoms with van der Waals surface area (Å²) in [6, 6.07) is 7.50. The molecule has 0 bridgehead atoms. The molecule has 3 aromatic rings. The predicted molar refractivity (Wildman–Crippen MR) is 85.1 cm³/mol. The fraction of sp³-hybridized carbons (Fsp3) is 0.0667. The van der Waals surface area contributed by atoms with Crippen LogP contribution in [0.5, 0.6) is 0 Å². The lowest BCUT2D eigenvalue weighted by Gasteiger charge is -2.03. The van der Waals surface area contributed by atoms with E-state index < -0.39 is 0 Å². The van der Waals surface area contributed by atoms with Crippen molar-refractivity contribution >= 4 is 33.2 Å². The number of halogens is 1. The number of carbonyl (C=O) groups excluding carboxylic acids is 1. The van der Waals surface area contributed by atoms with Crippen LogP contribution in [0.25, 0.3) is 11.3 Å². The van der Waals surface area contributed by atoms with Crippen LogP contribution in [0.2, 0.25) is 0 Å². The second-order valence-electron chi connectivity index (χ2n) is 4.35. The summed E-state index contributed by atoms with van der Waals surface area (Å²) >= 11 is 4.91. The molecule has 3 heterocycles. The number of pyridine rings is 1. The summed E-state index contributed by atoms with van der Waals surface area (Å²) in [4.78, 5) is 16.0. The van der Waals surface area contributed by atoms with Crippen LogP contribution in [-0.2, 0) is 6.54 Å². The van der Waals surface area contributed by atoms with Crippen molar-refractivity contribution in [2.75, 3.05) is 0 Å². The Balaban J connectivity index is 1.64. The van der Waals surface area contributed by atoms with Gasteiger partial charge in [0.2, 0.25) is 0 Å². The highest BCUT2D eigenvalue weighted by atomic mass is 79.9. The number of carbonyl (C=O) groups is 1. The number of nitrogens with zero attached hydrogens (tertiary/aromatic N) is 1. The summed E-state index contributed by atoms with van der Waals surface area (Å²) in [5, 5.41) is 6.83. The fourth-order valence-electron chi connectivity index (χ4n) is 1.84. The lowest BCUT2D eigenvalue weighted by molar-refractivity contribution is 0.0947. The van der Waals surface area contributed by atoms with Gasteiger partial charge < -0.3 is 9.73 Å². The molecule has 0 spiro atoms. The normalized spacial score (nSPS) is 10.5. The monoisotopic (exact) mass is 362 g/mol. The maximum absolute atomic E-state index is 12.0. The molecule has 0 atom stereocenters. The van der Waals surface area contributed by atoms with Crippen LogP contribution in [0.3, 0.4) is 0 Å². The van der Waals surface area contributed by atoms with Gasteiger partial charge in [0.25, 0.3) is 5.91 Å². The SMILES string of the molecule is O=C(NCc1ccc(-c2ccsc2)o1)c1cncc(Br)c1. The quantitative estimate of drug-likeness (QED) is 0.760. The highest BCUT2D eigenvalue weighted by molar-refractivity contribution is 9.10. The first kappa shape index (κ1) is 14.0. The van der Waals surface area contributed by atoms with Gasteiger partial charge in [-0.2, -0.15) is 11.3 Å². The van der Waals surface area contributed by atoms with Crippen molar-refractivity contribution in [1.29, 1.82) is 0 Å². The standard InChI is InChI=1S/C15H11BrN2O2S/c16-12-5-11(6-17-7-12)15(19)18-8-13-1-2-14(20-13)10-3-4-21-9-10/h1-7,9H,8H2,(H,18,19). The first-order valence-corrected chi connectivity index (χ1v) is 7.96. The number of thiophene rings is 1. The Labute approximate surface area is 134 Å². The van der Waals surface area contributed by atoms with Crippen LogP contribution in [0.15, 0.2) is 56.3 Å². The molecule has 3 rings (SSSR count). The predicted octanol–water partition coefficient (Wildman–Crippen LogP) is 4.10. The number of aromatic nitrogens is 1. The highest BCUT2D eigenvalue weighted by Gasteiger charge is 2.09. The van der Waals surface area contributed by atoms with Crippen molar-refractivity contribution in [1.82, 2.24) is 10.3 Å². The van der Waals surface area contributed by atoms with E-state index in [9.17, 15) is 4.79 Å². The topological polar surface area (TPSA) is 55.1 Å². The Kier molecular flexibility index (Phi) is 4.17. The van der Waals surface area contributed by atoms with Crippen LogP contribution in [-0.4, -0.2) is 10.9 Å². The van der Waals surface area contributed by atoms with Crippen LogP contribution in [0.1, 0.15) is 16.1 Å². The van der Waals surface area contributed by atoms with E-state index in [1.54, 1.807) is 23.6 Å². The van der Waals surface area contributed by atoms with Crippen molar-refractivity contribution in [3.63, 3.8) is 0 Å². The first-order valence-electron chi connectivity index (χ1n) is 6.22. The maximum Gasteiger partial charge on any atom is 0.253 e. The Morgan fingerprint density at radius 3 is 3.00 bits per heavy atom. The van der Waals surface area contributed by atoms with Crippen molar-refractivity contribution in [2.45, 2.75) is 6.54 Å². The Bertz CT molecular complexity index is 753. The van der Waals surface area contributed by atoms with Crippen LogP contribution < -0.4 is 5.32 Å². The van der Waals surface area contributed by atoms with Crippen molar-refractivity contribution in [3.8, 4) is 11.3 Å². The van der Waals surface area contributed by atoms with Crippen LogP contribution in [0, 0.1) is 0 Å². The molecular weight excluding hydrogens is 352 g/mol. The second kappa shape index (κ2) is 6.24. The summed E-state index contributed by atoms with van der Waals surface area (Å²) in [6.45, 7) is 0.343. The molecule has 0 aliphatic rings. The van der Waals surface area contributed by atoms with Gasteiger partial charge in [0.15, 0.2) is 0 Å². The van der Waals surface area contributed by atoms with Crippen LogP contribution >= 0.6 is 27.3 Å². The van der Waals surface area contributed by atoms with E-state index in [0.29, 0.717) is 17.9 Å². The Morgan fingerprint density at radius 2 is 2.24 bits per heavy atom. The zero-order valence-electron chi connectivity index (χ0n) is 10.9.